The second-order valence-electron chi connectivity index (χ2n) is 4.98. The lowest BCUT2D eigenvalue weighted by molar-refractivity contribution is -0.115. The van der Waals surface area contributed by atoms with E-state index in [0.717, 1.165) is 29.0 Å². The minimum atomic E-state index is -3.33. The van der Waals surface area contributed by atoms with Crippen molar-refractivity contribution in [3.63, 3.8) is 0 Å². The predicted molar refractivity (Wildman–Crippen MR) is 98.0 cm³/mol. The maximum Gasteiger partial charge on any atom is 0.357 e. The number of carboxylic acid groups (broad SMARTS) is 1. The maximum absolute atomic E-state index is 14.3. The van der Waals surface area contributed by atoms with Gasteiger partial charge in [-0.2, -0.15) is 0 Å². The number of nitrogens with zero attached hydrogens (tertiary/aromatic N) is 2. The summed E-state index contributed by atoms with van der Waals surface area (Å²) in [6, 6.07) is 3.19. The lowest BCUT2D eigenvalue weighted by Crippen LogP contribution is -2.24. The molecule has 144 valence electrons. The van der Waals surface area contributed by atoms with Crippen molar-refractivity contribution < 1.29 is 27.5 Å². The molecule has 1 aromatic heterocycles. The fourth-order valence-electron chi connectivity index (χ4n) is 2.00. The van der Waals surface area contributed by atoms with E-state index in [2.05, 4.69) is 15.6 Å². The number of thiol groups is 1. The first-order chi connectivity index (χ1) is 12.7. The molecule has 0 spiro atoms. The fraction of sp³-hybridized carbons (Fsp3) is 0.143. The highest BCUT2D eigenvalue weighted by Gasteiger charge is 2.23. The number of halogens is 1. The summed E-state index contributed by atoms with van der Waals surface area (Å²) in [6.45, 7) is 0. The van der Waals surface area contributed by atoms with Gasteiger partial charge in [0.2, 0.25) is 16.8 Å². The smallest absolute Gasteiger partial charge is 0.357 e. The van der Waals surface area contributed by atoms with E-state index in [-0.39, 0.29) is 28.6 Å². The Bertz CT molecular complexity index is 967. The third kappa shape index (κ3) is 4.77. The molecule has 27 heavy (non-hydrogen) atoms. The molecular formula is C14H14FN5O5S2. The molecule has 1 aromatic carbocycles. The van der Waals surface area contributed by atoms with Gasteiger partial charge in [-0.3, -0.25) is 10.2 Å². The number of thiazole rings is 1. The van der Waals surface area contributed by atoms with E-state index in [0.29, 0.717) is 4.31 Å². The zero-order valence-electron chi connectivity index (χ0n) is 13.7. The fourth-order valence-corrected chi connectivity index (χ4v) is 3.62. The number of hydrogen-bond donors (Lipinski definition) is 5. The second kappa shape index (κ2) is 8.55. The minimum absolute atomic E-state index is 0.0644. The number of aromatic nitrogens is 1. The van der Waals surface area contributed by atoms with Gasteiger partial charge >= 0.3 is 5.97 Å². The Kier molecular flexibility index (Phi) is 6.41. The normalized spacial score (nSPS) is 10.5. The van der Waals surface area contributed by atoms with Crippen molar-refractivity contribution in [2.45, 2.75) is 6.42 Å². The van der Waals surface area contributed by atoms with Gasteiger partial charge in [-0.25, -0.2) is 26.9 Å². The maximum atomic E-state index is 14.3. The highest BCUT2D eigenvalue weighted by Crippen LogP contribution is 2.34. The zero-order valence-corrected chi connectivity index (χ0v) is 15.4. The Morgan fingerprint density at radius 3 is 2.67 bits per heavy atom. The molecule has 1 amide bonds. The number of carbonyl (C=O) groups is 2. The van der Waals surface area contributed by atoms with Crippen LogP contribution >= 0.6 is 11.3 Å². The van der Waals surface area contributed by atoms with E-state index in [1.54, 1.807) is 0 Å². The molecule has 10 nitrogen and oxygen atoms in total. The molecule has 0 aliphatic heterocycles. The van der Waals surface area contributed by atoms with E-state index in [1.807, 2.05) is 0 Å². The van der Waals surface area contributed by atoms with Gasteiger partial charge in [0.15, 0.2) is 5.69 Å². The van der Waals surface area contributed by atoms with Crippen molar-refractivity contribution in [1.29, 1.82) is 5.41 Å². The highest BCUT2D eigenvalue weighted by molar-refractivity contribution is 7.74. The number of benzene rings is 1. The van der Waals surface area contributed by atoms with Crippen molar-refractivity contribution in [1.82, 2.24) is 10.3 Å². The third-order valence-corrected chi connectivity index (χ3v) is 4.92. The molecular weight excluding hydrogens is 401 g/mol. The monoisotopic (exact) mass is 415 g/mol. The van der Waals surface area contributed by atoms with Crippen molar-refractivity contribution in [2.24, 2.45) is 0 Å². The predicted octanol–water partition coefficient (Wildman–Crippen LogP) is 1.17. The van der Waals surface area contributed by atoms with Crippen LogP contribution in [0.3, 0.4) is 0 Å². The molecule has 4 N–H and O–H groups in total. The van der Waals surface area contributed by atoms with E-state index >= 15 is 0 Å². The lowest BCUT2D eigenvalue weighted by atomic mass is 10.2. The van der Waals surface area contributed by atoms with Gasteiger partial charge in [-0.15, -0.1) is 11.3 Å². The largest absolute Gasteiger partial charge is 0.476 e. The number of nitrogens with one attached hydrogen (secondary N) is 3. The number of aromatic carboxylic acids is 1. The van der Waals surface area contributed by atoms with E-state index < -0.39 is 34.3 Å². The first-order valence-electron chi connectivity index (χ1n) is 7.20. The molecule has 2 aromatic rings. The minimum Gasteiger partial charge on any atom is -0.476 e. The summed E-state index contributed by atoms with van der Waals surface area (Å²) in [5, 5.41) is 21.0. The Morgan fingerprint density at radius 2 is 2.11 bits per heavy atom. The molecule has 2 rings (SSSR count). The van der Waals surface area contributed by atoms with Crippen LogP contribution in [0.5, 0.6) is 0 Å². The topological polar surface area (TPSA) is 153 Å². The molecule has 0 atom stereocenters. The summed E-state index contributed by atoms with van der Waals surface area (Å²) in [5.74, 6) is -3.06. The number of amides is 1. The molecule has 0 saturated heterocycles. The average molecular weight is 415 g/mol. The molecule has 0 bridgehead atoms. The van der Waals surface area contributed by atoms with Crippen LogP contribution in [0.2, 0.25) is 0 Å². The molecule has 0 radical (unpaired) electrons. The van der Waals surface area contributed by atoms with Crippen molar-refractivity contribution >= 4 is 56.3 Å². The SMILES string of the molecule is CNC(=N)CC(=O)Nc1ccc(N(c2scnc2C(=O)O)[SH](=O)=O)cc1F. The molecule has 0 unspecified atom stereocenters. The van der Waals surface area contributed by atoms with Crippen molar-refractivity contribution in [3.05, 3.63) is 35.2 Å². The summed E-state index contributed by atoms with van der Waals surface area (Å²) in [6.07, 6.45) is -0.293. The van der Waals surface area contributed by atoms with Gasteiger partial charge in [-0.05, 0) is 12.1 Å². The van der Waals surface area contributed by atoms with Gasteiger partial charge in [-0.1, -0.05) is 0 Å². The Hall–Kier alpha value is -3.06. The first kappa shape index (κ1) is 20.3. The molecule has 0 aliphatic rings. The molecule has 0 saturated carbocycles. The number of carbonyl (C=O) groups excluding carboxylic acids is 1. The Labute approximate surface area is 158 Å². The van der Waals surface area contributed by atoms with Crippen LogP contribution in [0.25, 0.3) is 0 Å². The summed E-state index contributed by atoms with van der Waals surface area (Å²) < 4.78 is 38.2. The average Bonchev–Trinajstić information content (AvgIpc) is 3.06. The van der Waals surface area contributed by atoms with Gasteiger partial charge in [0.25, 0.3) is 0 Å². The van der Waals surface area contributed by atoms with Gasteiger partial charge in [0, 0.05) is 13.1 Å². The van der Waals surface area contributed by atoms with Crippen molar-refractivity contribution in [3.8, 4) is 0 Å². The Morgan fingerprint density at radius 1 is 1.41 bits per heavy atom. The van der Waals surface area contributed by atoms with Crippen LogP contribution < -0.4 is 14.9 Å². The summed E-state index contributed by atoms with van der Waals surface area (Å²) in [7, 11) is -1.87. The number of hydrogen-bond acceptors (Lipinski definition) is 7. The van der Waals surface area contributed by atoms with Gasteiger partial charge < -0.3 is 15.7 Å². The van der Waals surface area contributed by atoms with Crippen molar-refractivity contribution in [2.75, 3.05) is 16.7 Å². The number of carboxylic acids is 1. The van der Waals surface area contributed by atoms with Crippen LogP contribution in [0.4, 0.5) is 20.8 Å². The Balaban J connectivity index is 2.33. The quantitative estimate of drug-likeness (QED) is 0.258. The summed E-state index contributed by atoms with van der Waals surface area (Å²) >= 11 is 0.767. The highest BCUT2D eigenvalue weighted by atomic mass is 32.2. The van der Waals surface area contributed by atoms with E-state index in [9.17, 15) is 22.4 Å². The number of amidine groups is 1. The molecule has 13 heteroatoms. The molecule has 0 aliphatic carbocycles. The van der Waals surface area contributed by atoms with E-state index in [1.165, 1.54) is 13.1 Å². The third-order valence-electron chi connectivity index (χ3n) is 3.22. The van der Waals surface area contributed by atoms with Gasteiger partial charge in [0.1, 0.15) is 16.7 Å². The standard InChI is InChI=1S/C14H14FN5O5S2/c1-17-10(16)5-11(21)19-9-3-2-7(4-8(9)15)20(27(24)25)13-12(14(22)23)18-6-26-13/h2-4,6,27H,5H2,1H3,(H2,16,17)(H,19,21)(H,22,23). The number of rotatable bonds is 7. The van der Waals surface area contributed by atoms with Crippen LogP contribution in [0.1, 0.15) is 16.9 Å². The van der Waals surface area contributed by atoms with E-state index in [4.69, 9.17) is 10.5 Å². The first-order valence-corrected chi connectivity index (χ1v) is 9.21. The molecule has 1 heterocycles. The van der Waals surface area contributed by atoms with Crippen LogP contribution in [0, 0.1) is 11.2 Å². The number of anilines is 3. The van der Waals surface area contributed by atoms with Gasteiger partial charge in [0.05, 0.1) is 23.3 Å². The molecule has 0 fully saturated rings. The van der Waals surface area contributed by atoms with Crippen LogP contribution in [-0.4, -0.2) is 43.3 Å². The van der Waals surface area contributed by atoms with Crippen LogP contribution in [-0.2, 0) is 15.7 Å². The summed E-state index contributed by atoms with van der Waals surface area (Å²) in [4.78, 5) is 26.5. The zero-order chi connectivity index (χ0) is 20.1. The second-order valence-corrected chi connectivity index (χ2v) is 6.69. The van der Waals surface area contributed by atoms with Crippen LogP contribution in [0.15, 0.2) is 23.7 Å². The lowest BCUT2D eigenvalue weighted by Gasteiger charge is -2.17. The summed E-state index contributed by atoms with van der Waals surface area (Å²) in [5.41, 5.74) is 0.308.